The zero-order valence-corrected chi connectivity index (χ0v) is 10.6. The van der Waals surface area contributed by atoms with E-state index in [9.17, 15) is 4.79 Å². The highest BCUT2D eigenvalue weighted by atomic mass is 16.4. The summed E-state index contributed by atoms with van der Waals surface area (Å²) >= 11 is 0. The van der Waals surface area contributed by atoms with Crippen molar-refractivity contribution >= 4 is 5.91 Å². The van der Waals surface area contributed by atoms with Crippen LogP contribution in [0.15, 0.2) is 47.4 Å². The zero-order chi connectivity index (χ0) is 13.8. The van der Waals surface area contributed by atoms with Crippen LogP contribution in [0.4, 0.5) is 0 Å². The van der Waals surface area contributed by atoms with Crippen molar-refractivity contribution in [2.24, 2.45) is 0 Å². The summed E-state index contributed by atoms with van der Waals surface area (Å²) in [6.07, 6.45) is 6.92. The van der Waals surface area contributed by atoms with E-state index in [0.717, 1.165) is 5.56 Å². The van der Waals surface area contributed by atoms with Crippen LogP contribution in [0, 0.1) is 0 Å². The number of furan rings is 1. The molecule has 1 amide bonds. The van der Waals surface area contributed by atoms with E-state index in [-0.39, 0.29) is 11.7 Å². The van der Waals surface area contributed by atoms with Gasteiger partial charge in [-0.05, 0) is 18.2 Å². The second-order valence-electron chi connectivity index (χ2n) is 4.26. The van der Waals surface area contributed by atoms with E-state index in [1.807, 2.05) is 12.3 Å². The minimum Gasteiger partial charge on any atom is -0.454 e. The molecule has 20 heavy (non-hydrogen) atoms. The first kappa shape index (κ1) is 12.2. The van der Waals surface area contributed by atoms with Gasteiger partial charge in [0.1, 0.15) is 5.76 Å². The van der Waals surface area contributed by atoms with Crippen molar-refractivity contribution in [1.29, 1.82) is 0 Å². The van der Waals surface area contributed by atoms with Crippen molar-refractivity contribution in [3.05, 3.63) is 60.1 Å². The summed E-state index contributed by atoms with van der Waals surface area (Å²) in [6, 6.07) is 5.26. The molecule has 0 saturated heterocycles. The van der Waals surface area contributed by atoms with E-state index >= 15 is 0 Å². The van der Waals surface area contributed by atoms with Crippen molar-refractivity contribution in [1.82, 2.24) is 25.3 Å². The monoisotopic (exact) mass is 271 g/mol. The highest BCUT2D eigenvalue weighted by molar-refractivity contribution is 5.91. The van der Waals surface area contributed by atoms with Gasteiger partial charge in [-0.1, -0.05) is 0 Å². The third-order valence-corrected chi connectivity index (χ3v) is 2.77. The molecule has 3 aromatic heterocycles. The summed E-state index contributed by atoms with van der Waals surface area (Å²) in [5.41, 5.74) is 0.904. The molecule has 0 radical (unpaired) electrons. The largest absolute Gasteiger partial charge is 0.454 e. The van der Waals surface area contributed by atoms with Gasteiger partial charge in [0.05, 0.1) is 12.7 Å². The van der Waals surface area contributed by atoms with Crippen LogP contribution in [0.5, 0.6) is 0 Å². The lowest BCUT2D eigenvalue weighted by molar-refractivity contribution is 0.0921. The molecule has 0 unspecified atom stereocenters. The Hall–Kier alpha value is -2.83. The van der Waals surface area contributed by atoms with Gasteiger partial charge in [0, 0.05) is 30.7 Å². The molecular formula is C13H13N5O2. The van der Waals surface area contributed by atoms with Gasteiger partial charge in [-0.3, -0.25) is 14.6 Å². The smallest absolute Gasteiger partial charge is 0.287 e. The van der Waals surface area contributed by atoms with Gasteiger partial charge in [-0.15, -0.1) is 0 Å². The van der Waals surface area contributed by atoms with Gasteiger partial charge >= 0.3 is 0 Å². The Kier molecular flexibility index (Phi) is 3.32. The fraction of sp³-hybridized carbons (Fsp3) is 0.154. The number of nitrogens with zero attached hydrogens (tertiary/aromatic N) is 3. The lowest BCUT2D eigenvalue weighted by Gasteiger charge is -2.01. The molecule has 0 fully saturated rings. The first-order chi connectivity index (χ1) is 9.81. The Morgan fingerprint density at radius 2 is 2.40 bits per heavy atom. The zero-order valence-electron chi connectivity index (χ0n) is 10.6. The number of hydrogen-bond donors (Lipinski definition) is 2. The molecule has 0 aliphatic rings. The summed E-state index contributed by atoms with van der Waals surface area (Å²) in [5, 5.41) is 13.3. The first-order valence-corrected chi connectivity index (χ1v) is 6.13. The van der Waals surface area contributed by atoms with Crippen molar-refractivity contribution in [3.8, 4) is 0 Å². The van der Waals surface area contributed by atoms with Gasteiger partial charge in [0.2, 0.25) is 0 Å². The van der Waals surface area contributed by atoms with E-state index in [4.69, 9.17) is 4.42 Å². The third-order valence-electron chi connectivity index (χ3n) is 2.77. The summed E-state index contributed by atoms with van der Waals surface area (Å²) in [6.45, 7) is 0.909. The number of rotatable bonds is 5. The van der Waals surface area contributed by atoms with E-state index in [2.05, 4.69) is 20.6 Å². The molecule has 0 aliphatic heterocycles. The molecule has 0 atom stereocenters. The number of nitrogens with one attached hydrogen (secondary N) is 2. The first-order valence-electron chi connectivity index (χ1n) is 6.13. The van der Waals surface area contributed by atoms with Crippen LogP contribution in [0.25, 0.3) is 0 Å². The SMILES string of the molecule is O=C(NCc1cn[nH]c1)c1ccc(Cn2cccn2)o1. The van der Waals surface area contributed by atoms with Crippen molar-refractivity contribution in [3.63, 3.8) is 0 Å². The van der Waals surface area contributed by atoms with Gasteiger partial charge in [-0.25, -0.2) is 0 Å². The Labute approximate surface area is 114 Å². The molecule has 2 N–H and O–H groups in total. The van der Waals surface area contributed by atoms with Gasteiger partial charge in [0.15, 0.2) is 5.76 Å². The molecule has 102 valence electrons. The summed E-state index contributed by atoms with van der Waals surface area (Å²) < 4.78 is 7.22. The Balaban J connectivity index is 1.59. The number of aromatic nitrogens is 4. The molecular weight excluding hydrogens is 258 g/mol. The number of H-pyrrole nitrogens is 1. The van der Waals surface area contributed by atoms with Gasteiger partial charge in [-0.2, -0.15) is 10.2 Å². The molecule has 0 aliphatic carbocycles. The van der Waals surface area contributed by atoms with Crippen LogP contribution in [0.2, 0.25) is 0 Å². The van der Waals surface area contributed by atoms with Crippen molar-refractivity contribution in [2.75, 3.05) is 0 Å². The lowest BCUT2D eigenvalue weighted by atomic mass is 10.3. The highest BCUT2D eigenvalue weighted by Crippen LogP contribution is 2.09. The van der Waals surface area contributed by atoms with Gasteiger partial charge in [0.25, 0.3) is 5.91 Å². The second-order valence-corrected chi connectivity index (χ2v) is 4.26. The minimum absolute atomic E-state index is 0.252. The maximum atomic E-state index is 11.9. The number of carbonyl (C=O) groups is 1. The van der Waals surface area contributed by atoms with E-state index in [1.54, 1.807) is 35.4 Å². The Morgan fingerprint density at radius 3 is 3.15 bits per heavy atom. The predicted octanol–water partition coefficient (Wildman–Crippen LogP) is 1.18. The third kappa shape index (κ3) is 2.77. The second kappa shape index (κ2) is 5.43. The molecule has 0 saturated carbocycles. The average molecular weight is 271 g/mol. The molecule has 7 heteroatoms. The summed E-state index contributed by atoms with van der Waals surface area (Å²) in [5.74, 6) is 0.718. The molecule has 3 heterocycles. The number of aromatic amines is 1. The van der Waals surface area contributed by atoms with E-state index in [1.165, 1.54) is 0 Å². The van der Waals surface area contributed by atoms with Crippen LogP contribution >= 0.6 is 0 Å². The quantitative estimate of drug-likeness (QED) is 0.729. The molecule has 0 spiro atoms. The number of hydrogen-bond acceptors (Lipinski definition) is 4. The maximum Gasteiger partial charge on any atom is 0.287 e. The predicted molar refractivity (Wildman–Crippen MR) is 69.8 cm³/mol. The van der Waals surface area contributed by atoms with Crippen LogP contribution < -0.4 is 5.32 Å². The van der Waals surface area contributed by atoms with Crippen LogP contribution in [-0.2, 0) is 13.1 Å². The Morgan fingerprint density at radius 1 is 1.45 bits per heavy atom. The fourth-order valence-corrected chi connectivity index (χ4v) is 1.78. The topological polar surface area (TPSA) is 88.7 Å². The van der Waals surface area contributed by atoms with Crippen LogP contribution in [0.3, 0.4) is 0 Å². The van der Waals surface area contributed by atoms with E-state index < -0.39 is 0 Å². The summed E-state index contributed by atoms with van der Waals surface area (Å²) in [7, 11) is 0. The molecule has 0 bridgehead atoms. The fourth-order valence-electron chi connectivity index (χ4n) is 1.78. The summed E-state index contributed by atoms with van der Waals surface area (Å²) in [4.78, 5) is 11.9. The van der Waals surface area contributed by atoms with Gasteiger partial charge < -0.3 is 9.73 Å². The maximum absolute atomic E-state index is 11.9. The van der Waals surface area contributed by atoms with Crippen molar-refractivity contribution < 1.29 is 9.21 Å². The molecule has 0 aromatic carbocycles. The highest BCUT2D eigenvalue weighted by Gasteiger charge is 2.11. The number of amides is 1. The van der Waals surface area contributed by atoms with Crippen LogP contribution in [0.1, 0.15) is 21.9 Å². The molecule has 3 aromatic rings. The minimum atomic E-state index is -0.252. The normalized spacial score (nSPS) is 10.6. The molecule has 3 rings (SSSR count). The van der Waals surface area contributed by atoms with Crippen molar-refractivity contribution in [2.45, 2.75) is 13.1 Å². The molecule has 7 nitrogen and oxygen atoms in total. The Bertz CT molecular complexity index is 670. The van der Waals surface area contributed by atoms with Crippen LogP contribution in [-0.4, -0.2) is 25.9 Å². The average Bonchev–Trinajstić information content (AvgIpc) is 3.19. The number of carbonyl (C=O) groups excluding carboxylic acids is 1. The standard InChI is InChI=1S/C13H13N5O2/c19-13(14-6-10-7-15-16-8-10)12-3-2-11(20-12)9-18-5-1-4-17-18/h1-5,7-8H,6,9H2,(H,14,19)(H,15,16). The van der Waals surface area contributed by atoms with E-state index in [0.29, 0.717) is 18.8 Å². The lowest BCUT2D eigenvalue weighted by Crippen LogP contribution is -2.21.